The quantitative estimate of drug-likeness (QED) is 0.120. The maximum absolute atomic E-state index is 11.2. The fourth-order valence-corrected chi connectivity index (χ4v) is 6.99. The molecule has 0 saturated carbocycles. The lowest BCUT2D eigenvalue weighted by Gasteiger charge is -2.38. The van der Waals surface area contributed by atoms with Crippen LogP contribution in [0.4, 0.5) is 11.4 Å². The average molecular weight is 555 g/mol. The minimum Gasteiger partial charge on any atom is -0.477 e. The summed E-state index contributed by atoms with van der Waals surface area (Å²) in [6.45, 7) is 4.51. The number of thiophene rings is 2. The van der Waals surface area contributed by atoms with Crippen molar-refractivity contribution >= 4 is 46.1 Å². The number of nitrogens with zero attached hydrogens (tertiary/aromatic N) is 2. The Morgan fingerprint density at radius 2 is 1.72 bits per heavy atom. The molecule has 2 aromatic heterocycles. The van der Waals surface area contributed by atoms with Gasteiger partial charge in [-0.05, 0) is 73.0 Å². The normalized spacial score (nSPS) is 13.3. The summed E-state index contributed by atoms with van der Waals surface area (Å²) >= 11 is 3.16. The van der Waals surface area contributed by atoms with Gasteiger partial charge < -0.3 is 14.7 Å². The van der Waals surface area contributed by atoms with Crippen molar-refractivity contribution in [3.63, 3.8) is 0 Å². The van der Waals surface area contributed by atoms with Crippen molar-refractivity contribution in [2.45, 2.75) is 52.0 Å². The van der Waals surface area contributed by atoms with Crippen LogP contribution in [0.25, 0.3) is 26.3 Å². The third-order valence-corrected chi connectivity index (χ3v) is 9.30. The summed E-state index contributed by atoms with van der Waals surface area (Å²) in [5.41, 5.74) is 3.07. The van der Waals surface area contributed by atoms with Crippen LogP contribution in [-0.4, -0.2) is 17.1 Å². The van der Waals surface area contributed by atoms with E-state index < -0.39 is 5.97 Å². The van der Waals surface area contributed by atoms with E-state index >= 15 is 0 Å². The van der Waals surface area contributed by atoms with Gasteiger partial charge in [0.15, 0.2) is 11.5 Å². The highest BCUT2D eigenvalue weighted by Gasteiger charge is 2.29. The van der Waals surface area contributed by atoms with Crippen LogP contribution in [0.3, 0.4) is 0 Å². The maximum atomic E-state index is 11.2. The number of hydrogen-bond donors (Lipinski definition) is 1. The Morgan fingerprint density at radius 1 is 0.974 bits per heavy atom. The summed E-state index contributed by atoms with van der Waals surface area (Å²) in [6, 6.07) is 25.0. The lowest BCUT2D eigenvalue weighted by molar-refractivity contribution is -0.132. The van der Waals surface area contributed by atoms with Crippen molar-refractivity contribution in [1.29, 1.82) is 5.26 Å². The summed E-state index contributed by atoms with van der Waals surface area (Å²) in [5.74, 6) is 0.546. The Labute approximate surface area is 237 Å². The van der Waals surface area contributed by atoms with Gasteiger partial charge in [-0.15, -0.1) is 22.7 Å². The van der Waals surface area contributed by atoms with Crippen molar-refractivity contribution in [1.82, 2.24) is 0 Å². The molecule has 1 unspecified atom stereocenters. The first-order valence-corrected chi connectivity index (χ1v) is 14.9. The summed E-state index contributed by atoms with van der Waals surface area (Å²) in [5, 5.41) is 18.2. The van der Waals surface area contributed by atoms with E-state index in [1.54, 1.807) is 17.4 Å². The fraction of sp³-hybridized carbons (Fsp3) is 0.250. The van der Waals surface area contributed by atoms with Gasteiger partial charge >= 0.3 is 5.97 Å². The number of carbonyl (C=O) groups is 1. The zero-order valence-corrected chi connectivity index (χ0v) is 23.6. The van der Waals surface area contributed by atoms with Gasteiger partial charge in [0.2, 0.25) is 0 Å². The number of hydrogen-bond acceptors (Lipinski definition) is 6. The Hall–Kier alpha value is -3.86. The van der Waals surface area contributed by atoms with E-state index in [0.29, 0.717) is 6.04 Å². The molecule has 0 fully saturated rings. The van der Waals surface area contributed by atoms with Gasteiger partial charge in [-0.2, -0.15) is 5.26 Å². The predicted molar refractivity (Wildman–Crippen MR) is 161 cm³/mol. The summed E-state index contributed by atoms with van der Waals surface area (Å²) in [6.07, 6.45) is 7.31. The number of para-hydroxylation sites is 2. The van der Waals surface area contributed by atoms with Crippen molar-refractivity contribution < 1.29 is 14.6 Å². The molecule has 1 aliphatic heterocycles. The van der Waals surface area contributed by atoms with Crippen LogP contribution in [0.1, 0.15) is 50.8 Å². The molecule has 1 aliphatic rings. The van der Waals surface area contributed by atoms with Crippen LogP contribution in [0.15, 0.2) is 72.3 Å². The second-order valence-electron chi connectivity index (χ2n) is 9.52. The largest absolute Gasteiger partial charge is 0.477 e. The number of benzene rings is 2. The standard InChI is InChI=1S/C32H30N2O3S2/c1-3-5-6-9-23(4-2)34-25-10-7-8-11-27(25)37-28-19-21(12-14-26(28)34)29-16-17-31(39-29)30-15-13-24(38-30)18-22(20-33)32(35)36/h7-8,10-19,23H,3-6,9H2,1-2H3,(H,35,36)/b22-18-. The first-order chi connectivity index (χ1) is 19.0. The molecule has 0 radical (unpaired) electrons. The Balaban J connectivity index is 1.44. The molecular weight excluding hydrogens is 524 g/mol. The average Bonchev–Trinajstić information content (AvgIpc) is 3.63. The van der Waals surface area contributed by atoms with E-state index in [9.17, 15) is 4.79 Å². The van der Waals surface area contributed by atoms with Crippen LogP contribution in [0.5, 0.6) is 11.5 Å². The summed E-state index contributed by atoms with van der Waals surface area (Å²) in [4.78, 5) is 17.6. The number of aliphatic carboxylic acids is 1. The minimum absolute atomic E-state index is 0.268. The molecule has 1 N–H and O–H groups in total. The predicted octanol–water partition coefficient (Wildman–Crippen LogP) is 9.74. The highest BCUT2D eigenvalue weighted by molar-refractivity contribution is 7.24. The number of unbranched alkanes of at least 4 members (excludes halogenated alkanes) is 2. The van der Waals surface area contributed by atoms with Crippen LogP contribution in [0.2, 0.25) is 0 Å². The van der Waals surface area contributed by atoms with Crippen molar-refractivity contribution in [3.05, 3.63) is 77.2 Å². The highest BCUT2D eigenvalue weighted by atomic mass is 32.1. The van der Waals surface area contributed by atoms with E-state index in [-0.39, 0.29) is 5.57 Å². The molecule has 0 aliphatic carbocycles. The molecular formula is C32H30N2O3S2. The zero-order chi connectivity index (χ0) is 27.4. The molecule has 39 heavy (non-hydrogen) atoms. The third-order valence-electron chi connectivity index (χ3n) is 6.94. The summed E-state index contributed by atoms with van der Waals surface area (Å²) in [7, 11) is 0. The van der Waals surface area contributed by atoms with Crippen LogP contribution in [0, 0.1) is 11.3 Å². The monoisotopic (exact) mass is 554 g/mol. The number of fused-ring (bicyclic) bond motifs is 2. The van der Waals surface area contributed by atoms with Crippen molar-refractivity contribution in [2.75, 3.05) is 4.90 Å². The van der Waals surface area contributed by atoms with Gasteiger partial charge in [-0.25, -0.2) is 4.79 Å². The molecule has 3 heterocycles. The van der Waals surface area contributed by atoms with E-state index in [1.807, 2.05) is 24.3 Å². The van der Waals surface area contributed by atoms with Gasteiger partial charge in [-0.1, -0.05) is 51.3 Å². The molecule has 0 amide bonds. The van der Waals surface area contributed by atoms with Crippen LogP contribution < -0.4 is 9.64 Å². The summed E-state index contributed by atoms with van der Waals surface area (Å²) < 4.78 is 6.44. The molecule has 0 spiro atoms. The van der Waals surface area contributed by atoms with E-state index in [1.165, 1.54) is 36.7 Å². The lowest BCUT2D eigenvalue weighted by Crippen LogP contribution is -2.32. The maximum Gasteiger partial charge on any atom is 0.346 e. The van der Waals surface area contributed by atoms with Crippen molar-refractivity contribution in [2.24, 2.45) is 0 Å². The smallest absolute Gasteiger partial charge is 0.346 e. The molecule has 5 nitrogen and oxygen atoms in total. The Morgan fingerprint density at radius 3 is 2.49 bits per heavy atom. The number of anilines is 2. The number of rotatable bonds is 10. The van der Waals surface area contributed by atoms with Gasteiger partial charge in [0.05, 0.1) is 11.4 Å². The molecule has 1 atom stereocenters. The van der Waals surface area contributed by atoms with Gasteiger partial charge in [-0.3, -0.25) is 0 Å². The molecule has 7 heteroatoms. The third kappa shape index (κ3) is 5.63. The number of nitriles is 1. The molecule has 0 bridgehead atoms. The van der Waals surface area contributed by atoms with Crippen LogP contribution in [-0.2, 0) is 4.79 Å². The Bertz CT molecular complexity index is 1560. The van der Waals surface area contributed by atoms with Gasteiger partial charge in [0.1, 0.15) is 11.6 Å². The second-order valence-corrected chi connectivity index (χ2v) is 11.7. The number of carboxylic acid groups (broad SMARTS) is 1. The zero-order valence-electron chi connectivity index (χ0n) is 22.0. The van der Waals surface area contributed by atoms with Crippen LogP contribution >= 0.6 is 22.7 Å². The minimum atomic E-state index is -1.21. The molecule has 5 rings (SSSR count). The first-order valence-electron chi connectivity index (χ1n) is 13.3. The number of carboxylic acids is 1. The molecule has 2 aromatic carbocycles. The fourth-order valence-electron chi connectivity index (χ4n) is 4.95. The topological polar surface area (TPSA) is 73.6 Å². The highest BCUT2D eigenvalue weighted by Crippen LogP contribution is 2.50. The van der Waals surface area contributed by atoms with Gasteiger partial charge in [0.25, 0.3) is 0 Å². The SMILES string of the molecule is CCCCCC(CC)N1c2ccccc2Oc2cc(-c3ccc(-c4ccc(/C=C(/C#N)C(=O)O)s4)s3)ccc21. The number of ether oxygens (including phenoxy) is 1. The molecule has 198 valence electrons. The van der Waals surface area contributed by atoms with Gasteiger partial charge in [0, 0.05) is 25.6 Å². The van der Waals surface area contributed by atoms with E-state index in [4.69, 9.17) is 15.1 Å². The molecule has 4 aromatic rings. The lowest BCUT2D eigenvalue weighted by atomic mass is 10.0. The second kappa shape index (κ2) is 11.9. The van der Waals surface area contributed by atoms with E-state index in [0.717, 1.165) is 60.8 Å². The first kappa shape index (κ1) is 26.7. The Kier molecular flexibility index (Phi) is 8.16. The van der Waals surface area contributed by atoms with E-state index in [2.05, 4.69) is 61.2 Å². The van der Waals surface area contributed by atoms with Crippen molar-refractivity contribution in [3.8, 4) is 37.8 Å². The molecule has 0 saturated heterocycles.